The second-order valence-corrected chi connectivity index (χ2v) is 13.1. The van der Waals surface area contributed by atoms with Crippen molar-refractivity contribution in [2.75, 3.05) is 39.3 Å². The summed E-state index contributed by atoms with van der Waals surface area (Å²) < 4.78 is 28.5. The lowest BCUT2D eigenvalue weighted by Gasteiger charge is -2.30. The molecule has 0 bridgehead atoms. The first kappa shape index (κ1) is 27.7. The van der Waals surface area contributed by atoms with Crippen molar-refractivity contribution < 1.29 is 13.2 Å². The Labute approximate surface area is 231 Å². The minimum Gasteiger partial charge on any atom is -0.352 e. The molecule has 0 spiro atoms. The highest BCUT2D eigenvalue weighted by atomic mass is 32.2. The zero-order valence-electron chi connectivity index (χ0n) is 23.0. The maximum atomic E-state index is 13.5. The van der Waals surface area contributed by atoms with Crippen molar-refractivity contribution in [3.8, 4) is 11.4 Å². The van der Waals surface area contributed by atoms with Gasteiger partial charge in [0.2, 0.25) is 10.0 Å². The minimum absolute atomic E-state index is 0.199. The highest BCUT2D eigenvalue weighted by Gasteiger charge is 2.29. The van der Waals surface area contributed by atoms with Crippen LogP contribution in [-0.2, 0) is 10.0 Å². The molecule has 2 aliphatic rings. The van der Waals surface area contributed by atoms with Crippen LogP contribution >= 0.6 is 0 Å². The molecular formula is C30H39N5O3S. The topological polar surface area (TPSA) is 95.5 Å². The number of nitrogens with zero attached hydrogens (tertiary/aromatic N) is 4. The van der Waals surface area contributed by atoms with Crippen molar-refractivity contribution in [3.05, 3.63) is 54.2 Å². The van der Waals surface area contributed by atoms with Crippen molar-refractivity contribution >= 4 is 26.8 Å². The largest absolute Gasteiger partial charge is 0.352 e. The molecule has 1 N–H and O–H groups in total. The molecule has 9 heteroatoms. The number of sulfonamides is 1. The normalized spacial score (nSPS) is 19.8. The van der Waals surface area contributed by atoms with Crippen LogP contribution in [0.2, 0.25) is 0 Å². The van der Waals surface area contributed by atoms with Crippen LogP contribution in [0, 0.1) is 11.8 Å². The Balaban J connectivity index is 1.41. The molecule has 0 unspecified atom stereocenters. The number of hydrogen-bond donors (Lipinski definition) is 1. The van der Waals surface area contributed by atoms with Crippen molar-refractivity contribution in [2.24, 2.45) is 11.8 Å². The number of carbonyl (C=O) groups excluding carboxylic acids is 1. The maximum Gasteiger partial charge on any atom is 0.252 e. The van der Waals surface area contributed by atoms with Gasteiger partial charge in [-0.3, -0.25) is 9.78 Å². The summed E-state index contributed by atoms with van der Waals surface area (Å²) in [4.78, 5) is 25.3. The lowest BCUT2D eigenvalue weighted by Crippen LogP contribution is -2.37. The molecule has 4 heterocycles. The number of carbonyl (C=O) groups is 1. The Kier molecular flexibility index (Phi) is 8.59. The molecule has 2 aromatic heterocycles. The van der Waals surface area contributed by atoms with Gasteiger partial charge in [-0.25, -0.2) is 13.4 Å². The third-order valence-electron chi connectivity index (χ3n) is 8.01. The lowest BCUT2D eigenvalue weighted by molar-refractivity contribution is 0.0951. The Bertz CT molecular complexity index is 1400. The van der Waals surface area contributed by atoms with E-state index in [0.29, 0.717) is 53.4 Å². The van der Waals surface area contributed by atoms with E-state index in [4.69, 9.17) is 4.98 Å². The van der Waals surface area contributed by atoms with Gasteiger partial charge in [-0.1, -0.05) is 19.9 Å². The van der Waals surface area contributed by atoms with E-state index in [1.165, 1.54) is 12.8 Å². The molecule has 0 radical (unpaired) electrons. The first-order valence-corrected chi connectivity index (χ1v) is 15.6. The van der Waals surface area contributed by atoms with E-state index < -0.39 is 10.0 Å². The second kappa shape index (κ2) is 12.1. The first-order valence-electron chi connectivity index (χ1n) is 14.2. The van der Waals surface area contributed by atoms with E-state index in [2.05, 4.69) is 29.0 Å². The smallest absolute Gasteiger partial charge is 0.252 e. The first-order chi connectivity index (χ1) is 18.8. The Morgan fingerprint density at radius 3 is 2.56 bits per heavy atom. The zero-order valence-corrected chi connectivity index (χ0v) is 23.8. The fourth-order valence-electron chi connectivity index (χ4n) is 5.66. The Morgan fingerprint density at radius 2 is 1.82 bits per heavy atom. The van der Waals surface area contributed by atoms with E-state index >= 15 is 0 Å². The average molecular weight is 550 g/mol. The van der Waals surface area contributed by atoms with Gasteiger partial charge < -0.3 is 10.2 Å². The van der Waals surface area contributed by atoms with Crippen LogP contribution in [0.1, 0.15) is 56.3 Å². The molecule has 1 amide bonds. The van der Waals surface area contributed by atoms with Gasteiger partial charge in [-0.2, -0.15) is 4.31 Å². The lowest BCUT2D eigenvalue weighted by atomic mass is 10.0. The molecule has 2 aliphatic heterocycles. The van der Waals surface area contributed by atoms with E-state index in [1.54, 1.807) is 34.8 Å². The molecule has 3 aromatic rings. The molecule has 0 aliphatic carbocycles. The van der Waals surface area contributed by atoms with Crippen LogP contribution in [0.4, 0.5) is 0 Å². The van der Waals surface area contributed by atoms with Gasteiger partial charge in [0.05, 0.1) is 27.4 Å². The third-order valence-corrected chi connectivity index (χ3v) is 9.90. The Hall–Kier alpha value is -2.88. The van der Waals surface area contributed by atoms with Crippen LogP contribution in [0.5, 0.6) is 0 Å². The molecule has 39 heavy (non-hydrogen) atoms. The van der Waals surface area contributed by atoms with Crippen molar-refractivity contribution in [3.63, 3.8) is 0 Å². The summed E-state index contributed by atoms with van der Waals surface area (Å²) >= 11 is 0. The van der Waals surface area contributed by atoms with Crippen LogP contribution in [0.15, 0.2) is 53.6 Å². The monoisotopic (exact) mass is 549 g/mol. The van der Waals surface area contributed by atoms with Crippen LogP contribution in [0.25, 0.3) is 22.3 Å². The van der Waals surface area contributed by atoms with Gasteiger partial charge in [0, 0.05) is 37.8 Å². The molecule has 8 nitrogen and oxygen atoms in total. The SMILES string of the molecule is CC1CCN(S(=O)(=O)c2ccc3nc(-c4ccccn4)cc(C(=O)NCCCN4CCC[C@H](C)C4)c3c2)CC1. The molecular weight excluding hydrogens is 510 g/mol. The number of amides is 1. The number of benzene rings is 1. The number of hydrogen-bond acceptors (Lipinski definition) is 6. The van der Waals surface area contributed by atoms with Gasteiger partial charge in [0.1, 0.15) is 0 Å². The number of fused-ring (bicyclic) bond motifs is 1. The van der Waals surface area contributed by atoms with Crippen molar-refractivity contribution in [1.29, 1.82) is 0 Å². The summed E-state index contributed by atoms with van der Waals surface area (Å²) in [5.41, 5.74) is 2.22. The fourth-order valence-corrected chi connectivity index (χ4v) is 7.16. The third kappa shape index (κ3) is 6.48. The van der Waals surface area contributed by atoms with Crippen LogP contribution < -0.4 is 5.32 Å². The van der Waals surface area contributed by atoms with Gasteiger partial charge in [-0.05, 0) is 93.4 Å². The number of piperidine rings is 2. The number of aromatic nitrogens is 2. The summed E-state index contributed by atoms with van der Waals surface area (Å²) in [6, 6.07) is 12.2. The summed E-state index contributed by atoms with van der Waals surface area (Å²) in [7, 11) is -3.66. The average Bonchev–Trinajstić information content (AvgIpc) is 2.95. The van der Waals surface area contributed by atoms with Crippen LogP contribution in [-0.4, -0.2) is 72.8 Å². The highest BCUT2D eigenvalue weighted by Crippen LogP contribution is 2.29. The van der Waals surface area contributed by atoms with Gasteiger partial charge >= 0.3 is 0 Å². The van der Waals surface area contributed by atoms with Crippen molar-refractivity contribution in [2.45, 2.75) is 50.8 Å². The van der Waals surface area contributed by atoms with E-state index in [9.17, 15) is 13.2 Å². The fraction of sp³-hybridized carbons (Fsp3) is 0.500. The van der Waals surface area contributed by atoms with Crippen molar-refractivity contribution in [1.82, 2.24) is 24.5 Å². The van der Waals surface area contributed by atoms with E-state index in [-0.39, 0.29) is 10.8 Å². The standard InChI is InChI=1S/C30H39N5O3S/c1-22-11-17-35(18-12-22)39(37,38)24-9-10-27-25(19-24)26(20-29(33-27)28-8-3-4-13-31-28)30(36)32-14-6-16-34-15-5-7-23(2)21-34/h3-4,8-10,13,19-20,22-23H,5-7,11-12,14-18,21H2,1-2H3,(H,32,36)/t23-/m0/s1. The molecule has 5 rings (SSSR count). The predicted molar refractivity (Wildman–Crippen MR) is 154 cm³/mol. The molecule has 208 valence electrons. The second-order valence-electron chi connectivity index (χ2n) is 11.2. The molecule has 2 fully saturated rings. The van der Waals surface area contributed by atoms with E-state index in [1.807, 2.05) is 18.2 Å². The van der Waals surface area contributed by atoms with E-state index in [0.717, 1.165) is 44.8 Å². The van der Waals surface area contributed by atoms with Crippen LogP contribution in [0.3, 0.4) is 0 Å². The van der Waals surface area contributed by atoms with Gasteiger partial charge in [0.25, 0.3) is 5.91 Å². The number of pyridine rings is 2. The van der Waals surface area contributed by atoms with Gasteiger partial charge in [0.15, 0.2) is 0 Å². The summed E-state index contributed by atoms with van der Waals surface area (Å²) in [5, 5.41) is 3.60. The summed E-state index contributed by atoms with van der Waals surface area (Å²) in [6.45, 7) is 9.22. The predicted octanol–water partition coefficient (Wildman–Crippen LogP) is 4.57. The quantitative estimate of drug-likeness (QED) is 0.414. The highest BCUT2D eigenvalue weighted by molar-refractivity contribution is 7.89. The number of likely N-dealkylation sites (tertiary alicyclic amines) is 1. The molecule has 1 aromatic carbocycles. The number of rotatable bonds is 8. The molecule has 0 saturated carbocycles. The maximum absolute atomic E-state index is 13.5. The van der Waals surface area contributed by atoms with Gasteiger partial charge in [-0.15, -0.1) is 0 Å². The summed E-state index contributed by atoms with van der Waals surface area (Å²) in [5.74, 6) is 1.02. The Morgan fingerprint density at radius 1 is 1.00 bits per heavy atom. The molecule has 2 saturated heterocycles. The molecule has 1 atom stereocenters. The summed E-state index contributed by atoms with van der Waals surface area (Å²) in [6.07, 6.45) is 6.78. The minimum atomic E-state index is -3.66. The zero-order chi connectivity index (χ0) is 27.4. The number of nitrogens with one attached hydrogen (secondary N) is 1.